The van der Waals surface area contributed by atoms with E-state index in [9.17, 15) is 4.79 Å². The maximum absolute atomic E-state index is 13.1. The summed E-state index contributed by atoms with van der Waals surface area (Å²) in [6, 6.07) is 9.55. The van der Waals surface area contributed by atoms with Gasteiger partial charge in [0.1, 0.15) is 0 Å². The lowest BCUT2D eigenvalue weighted by atomic mass is 10.0. The van der Waals surface area contributed by atoms with E-state index in [0.29, 0.717) is 12.1 Å². The van der Waals surface area contributed by atoms with Gasteiger partial charge in [-0.25, -0.2) is 0 Å². The Hall–Kier alpha value is -1.85. The molecule has 0 bridgehead atoms. The molecular weight excluding hydrogens is 360 g/mol. The molecule has 1 aromatic heterocycles. The van der Waals surface area contributed by atoms with Crippen molar-refractivity contribution < 1.29 is 4.79 Å². The van der Waals surface area contributed by atoms with Gasteiger partial charge in [-0.1, -0.05) is 0 Å². The zero-order chi connectivity index (χ0) is 20.8. The summed E-state index contributed by atoms with van der Waals surface area (Å²) in [5.74, 6) is 0.167. The molecule has 2 aromatic rings. The summed E-state index contributed by atoms with van der Waals surface area (Å²) in [7, 11) is 0. The van der Waals surface area contributed by atoms with Crippen molar-refractivity contribution in [3.8, 4) is 0 Å². The number of aromatic nitrogens is 1. The van der Waals surface area contributed by atoms with Crippen LogP contribution in [-0.4, -0.2) is 76.0 Å². The van der Waals surface area contributed by atoms with Gasteiger partial charge in [-0.3, -0.25) is 14.6 Å². The fraction of sp³-hybridized carbons (Fsp3) is 0.625. The van der Waals surface area contributed by atoms with E-state index in [0.717, 1.165) is 38.3 Å². The molecular formula is C24H36N4O. The van der Waals surface area contributed by atoms with E-state index in [-0.39, 0.29) is 11.4 Å². The summed E-state index contributed by atoms with van der Waals surface area (Å²) in [5.41, 5.74) is 2.23. The second-order valence-electron chi connectivity index (χ2n) is 9.98. The summed E-state index contributed by atoms with van der Waals surface area (Å²) in [4.78, 5) is 20.1. The van der Waals surface area contributed by atoms with Gasteiger partial charge in [0.15, 0.2) is 0 Å². The molecule has 0 radical (unpaired) electrons. The van der Waals surface area contributed by atoms with E-state index >= 15 is 0 Å². The van der Waals surface area contributed by atoms with Crippen LogP contribution >= 0.6 is 0 Å². The van der Waals surface area contributed by atoms with Crippen molar-refractivity contribution in [3.05, 3.63) is 36.0 Å². The highest BCUT2D eigenvalue weighted by Gasteiger charge is 2.29. The molecule has 4 rings (SSSR count). The van der Waals surface area contributed by atoms with E-state index in [4.69, 9.17) is 0 Å². The van der Waals surface area contributed by atoms with Gasteiger partial charge in [-0.2, -0.15) is 0 Å². The van der Waals surface area contributed by atoms with Crippen LogP contribution in [0.3, 0.4) is 0 Å². The molecule has 1 unspecified atom stereocenters. The quantitative estimate of drug-likeness (QED) is 0.790. The van der Waals surface area contributed by atoms with Gasteiger partial charge < -0.3 is 9.47 Å². The van der Waals surface area contributed by atoms with E-state index < -0.39 is 0 Å². The van der Waals surface area contributed by atoms with Gasteiger partial charge in [-0.15, -0.1) is 0 Å². The average Bonchev–Trinajstić information content (AvgIpc) is 3.33. The molecule has 0 spiro atoms. The first kappa shape index (κ1) is 20.4. The number of piperazine rings is 1. The highest BCUT2D eigenvalue weighted by molar-refractivity contribution is 5.98. The molecule has 2 aliphatic rings. The Morgan fingerprint density at radius 1 is 1.03 bits per heavy atom. The molecule has 3 heterocycles. The zero-order valence-electron chi connectivity index (χ0n) is 18.7. The maximum Gasteiger partial charge on any atom is 0.253 e. The molecule has 2 fully saturated rings. The van der Waals surface area contributed by atoms with Crippen molar-refractivity contribution in [2.75, 3.05) is 39.3 Å². The van der Waals surface area contributed by atoms with Crippen LogP contribution in [0, 0.1) is 0 Å². The Morgan fingerprint density at radius 2 is 1.76 bits per heavy atom. The van der Waals surface area contributed by atoms with Crippen LogP contribution in [0.1, 0.15) is 57.4 Å². The molecule has 1 atom stereocenters. The normalized spacial score (nSPS) is 22.1. The third-order valence-corrected chi connectivity index (χ3v) is 6.80. The Morgan fingerprint density at radius 3 is 2.38 bits per heavy atom. The Labute approximate surface area is 175 Å². The number of hydrogen-bond acceptors (Lipinski definition) is 3. The van der Waals surface area contributed by atoms with Crippen molar-refractivity contribution in [3.63, 3.8) is 0 Å². The number of carbonyl (C=O) groups excluding carboxylic acids is 1. The van der Waals surface area contributed by atoms with Crippen LogP contribution in [0.4, 0.5) is 0 Å². The fourth-order valence-corrected chi connectivity index (χ4v) is 4.84. The lowest BCUT2D eigenvalue weighted by Crippen LogP contribution is -2.54. The van der Waals surface area contributed by atoms with Gasteiger partial charge in [0.25, 0.3) is 5.91 Å². The molecule has 29 heavy (non-hydrogen) atoms. The third-order valence-electron chi connectivity index (χ3n) is 6.80. The summed E-state index contributed by atoms with van der Waals surface area (Å²) in [5, 5.41) is 1.17. The maximum atomic E-state index is 13.1. The van der Waals surface area contributed by atoms with E-state index in [1.54, 1.807) is 0 Å². The van der Waals surface area contributed by atoms with Crippen LogP contribution in [0.15, 0.2) is 30.5 Å². The molecule has 0 aliphatic carbocycles. The molecule has 5 nitrogen and oxygen atoms in total. The number of hydrogen-bond donors (Lipinski definition) is 0. The first-order valence-corrected chi connectivity index (χ1v) is 11.1. The topological polar surface area (TPSA) is 31.7 Å². The Kier molecular flexibility index (Phi) is 5.47. The number of fused-ring (bicyclic) bond motifs is 1. The molecule has 1 amide bonds. The number of amides is 1. The third kappa shape index (κ3) is 4.08. The van der Waals surface area contributed by atoms with Gasteiger partial charge >= 0.3 is 0 Å². The van der Waals surface area contributed by atoms with Crippen LogP contribution in [-0.2, 0) is 0 Å². The first-order valence-electron chi connectivity index (χ1n) is 11.1. The molecule has 2 saturated heterocycles. The van der Waals surface area contributed by atoms with Crippen LogP contribution in [0.25, 0.3) is 10.9 Å². The van der Waals surface area contributed by atoms with E-state index in [1.165, 1.54) is 23.9 Å². The second kappa shape index (κ2) is 7.77. The summed E-state index contributed by atoms with van der Waals surface area (Å²) < 4.78 is 2.41. The smallest absolute Gasteiger partial charge is 0.253 e. The predicted octanol–water partition coefficient (Wildman–Crippen LogP) is 3.85. The molecule has 1 aromatic carbocycles. The lowest BCUT2D eigenvalue weighted by molar-refractivity contribution is 0.0451. The minimum atomic E-state index is 0.167. The highest BCUT2D eigenvalue weighted by Crippen LogP contribution is 2.29. The van der Waals surface area contributed by atoms with Gasteiger partial charge in [0, 0.05) is 79.6 Å². The van der Waals surface area contributed by atoms with Crippen molar-refractivity contribution in [2.24, 2.45) is 0 Å². The van der Waals surface area contributed by atoms with Crippen molar-refractivity contribution in [2.45, 2.75) is 58.7 Å². The van der Waals surface area contributed by atoms with Crippen LogP contribution < -0.4 is 0 Å². The first-order chi connectivity index (χ1) is 13.7. The molecule has 158 valence electrons. The second-order valence-corrected chi connectivity index (χ2v) is 9.98. The Bertz CT molecular complexity index is 871. The SMILES string of the molecule is CC(C)N1CCC(n2ccc3cc(C(=O)N4CCN(C(C)(C)C)CC4)ccc32)C1. The molecule has 2 aliphatic heterocycles. The zero-order valence-corrected chi connectivity index (χ0v) is 18.7. The molecule has 0 N–H and O–H groups in total. The van der Waals surface area contributed by atoms with E-state index in [2.05, 4.69) is 73.4 Å². The van der Waals surface area contributed by atoms with Crippen LogP contribution in [0.2, 0.25) is 0 Å². The summed E-state index contributed by atoms with van der Waals surface area (Å²) in [6.45, 7) is 17.1. The van der Waals surface area contributed by atoms with Crippen molar-refractivity contribution >= 4 is 16.8 Å². The fourth-order valence-electron chi connectivity index (χ4n) is 4.84. The number of likely N-dealkylation sites (tertiary alicyclic amines) is 1. The van der Waals surface area contributed by atoms with Crippen molar-refractivity contribution in [1.82, 2.24) is 19.3 Å². The Balaban J connectivity index is 1.47. The molecule has 0 saturated carbocycles. The monoisotopic (exact) mass is 396 g/mol. The summed E-state index contributed by atoms with van der Waals surface area (Å²) >= 11 is 0. The van der Waals surface area contributed by atoms with Crippen LogP contribution in [0.5, 0.6) is 0 Å². The number of benzene rings is 1. The number of nitrogens with zero attached hydrogens (tertiary/aromatic N) is 4. The largest absolute Gasteiger partial charge is 0.343 e. The highest BCUT2D eigenvalue weighted by atomic mass is 16.2. The minimum absolute atomic E-state index is 0.167. The lowest BCUT2D eigenvalue weighted by Gasteiger charge is -2.42. The standard InChI is InChI=1S/C24H36N4O/c1-18(2)26-10-9-21(17-26)28-11-8-19-16-20(6-7-22(19)28)23(29)25-12-14-27(15-13-25)24(3,4)5/h6-8,11,16,18,21H,9-10,12-15,17H2,1-5H3. The van der Waals surface area contributed by atoms with Gasteiger partial charge in [-0.05, 0) is 65.3 Å². The molecule has 5 heteroatoms. The van der Waals surface area contributed by atoms with E-state index in [1.807, 2.05) is 11.0 Å². The van der Waals surface area contributed by atoms with Crippen molar-refractivity contribution in [1.29, 1.82) is 0 Å². The number of rotatable bonds is 3. The van der Waals surface area contributed by atoms with Gasteiger partial charge in [0.05, 0.1) is 0 Å². The number of carbonyl (C=O) groups is 1. The summed E-state index contributed by atoms with van der Waals surface area (Å²) in [6.07, 6.45) is 3.40. The minimum Gasteiger partial charge on any atom is -0.343 e. The van der Waals surface area contributed by atoms with Gasteiger partial charge in [0.2, 0.25) is 0 Å². The predicted molar refractivity (Wildman–Crippen MR) is 120 cm³/mol. The average molecular weight is 397 g/mol.